The van der Waals surface area contributed by atoms with Crippen LogP contribution in [0.5, 0.6) is 0 Å². The van der Waals surface area contributed by atoms with Gasteiger partial charge in [-0.15, -0.1) is 0 Å². The molecule has 0 aliphatic rings. The molecule has 1 atom stereocenters. The zero-order valence-corrected chi connectivity index (χ0v) is 11.9. The molecule has 2 rings (SSSR count). The fourth-order valence-electron chi connectivity index (χ4n) is 1.63. The molecule has 0 radical (unpaired) electrons. The van der Waals surface area contributed by atoms with Gasteiger partial charge in [0.2, 0.25) is 0 Å². The molecule has 1 unspecified atom stereocenters. The Labute approximate surface area is 118 Å². The van der Waals surface area contributed by atoms with Gasteiger partial charge in [-0.25, -0.2) is 4.68 Å². The van der Waals surface area contributed by atoms with Crippen LogP contribution in [-0.2, 0) is 0 Å². The summed E-state index contributed by atoms with van der Waals surface area (Å²) in [6.45, 7) is 5.18. The van der Waals surface area contributed by atoms with E-state index in [9.17, 15) is 9.90 Å². The molecule has 2 N–H and O–H groups in total. The Kier molecular flexibility index (Phi) is 3.90. The minimum absolute atomic E-state index is 0.300. The minimum atomic E-state index is -0.701. The van der Waals surface area contributed by atoms with Crippen molar-refractivity contribution in [3.63, 3.8) is 0 Å². The monoisotopic (exact) mass is 273 g/mol. The van der Waals surface area contributed by atoms with Crippen molar-refractivity contribution < 1.29 is 9.90 Å². The highest BCUT2D eigenvalue weighted by Gasteiger charge is 2.27. The lowest BCUT2D eigenvalue weighted by atomic mass is 9.99. The third kappa shape index (κ3) is 3.05. The van der Waals surface area contributed by atoms with Crippen molar-refractivity contribution in [2.45, 2.75) is 32.4 Å². The summed E-state index contributed by atoms with van der Waals surface area (Å²) in [6.07, 6.45) is 1.09. The van der Waals surface area contributed by atoms with Crippen LogP contribution in [0.15, 0.2) is 42.6 Å². The molecule has 0 fully saturated rings. The topological polar surface area (TPSA) is 67.2 Å². The van der Waals surface area contributed by atoms with E-state index in [2.05, 4.69) is 10.4 Å². The third-order valence-electron chi connectivity index (χ3n) is 3.32. The fourth-order valence-corrected chi connectivity index (χ4v) is 1.63. The Morgan fingerprint density at radius 3 is 2.55 bits per heavy atom. The Bertz CT molecular complexity index is 588. The number of carbonyl (C=O) groups is 1. The van der Waals surface area contributed by atoms with Crippen molar-refractivity contribution in [3.05, 3.63) is 48.3 Å². The first-order chi connectivity index (χ1) is 9.40. The Morgan fingerprint density at radius 2 is 1.95 bits per heavy atom. The van der Waals surface area contributed by atoms with Crippen LogP contribution in [0.25, 0.3) is 5.69 Å². The van der Waals surface area contributed by atoms with E-state index in [1.807, 2.05) is 30.3 Å². The predicted molar refractivity (Wildman–Crippen MR) is 76.8 cm³/mol. The molecule has 106 valence electrons. The van der Waals surface area contributed by atoms with Crippen molar-refractivity contribution in [2.24, 2.45) is 0 Å². The zero-order chi connectivity index (χ0) is 14.8. The molecule has 1 heterocycles. The second-order valence-electron chi connectivity index (χ2n) is 5.33. The highest BCUT2D eigenvalue weighted by molar-refractivity contribution is 5.92. The average Bonchev–Trinajstić information content (AvgIpc) is 2.88. The van der Waals surface area contributed by atoms with E-state index in [0.717, 1.165) is 5.69 Å². The maximum atomic E-state index is 12.1. The van der Waals surface area contributed by atoms with Gasteiger partial charge in [0.1, 0.15) is 0 Å². The van der Waals surface area contributed by atoms with Crippen molar-refractivity contribution in [2.75, 3.05) is 0 Å². The van der Waals surface area contributed by atoms with Crippen molar-refractivity contribution >= 4 is 5.91 Å². The molecule has 0 saturated heterocycles. The molecule has 0 bridgehead atoms. The van der Waals surface area contributed by atoms with E-state index in [1.165, 1.54) is 0 Å². The number of nitrogens with zero attached hydrogens (tertiary/aromatic N) is 2. The number of hydrogen-bond donors (Lipinski definition) is 2. The van der Waals surface area contributed by atoms with E-state index in [0.29, 0.717) is 5.69 Å². The van der Waals surface area contributed by atoms with Crippen molar-refractivity contribution in [1.29, 1.82) is 0 Å². The SMILES string of the molecule is CC(O)C(C)(C)NC(=O)c1ccn(-c2ccccc2)n1. The highest BCUT2D eigenvalue weighted by Crippen LogP contribution is 2.11. The lowest BCUT2D eigenvalue weighted by molar-refractivity contribution is 0.0705. The summed E-state index contributed by atoms with van der Waals surface area (Å²) in [5.41, 5.74) is 0.511. The molecule has 0 saturated carbocycles. The van der Waals surface area contributed by atoms with Gasteiger partial charge >= 0.3 is 0 Å². The number of aromatic nitrogens is 2. The van der Waals surface area contributed by atoms with Gasteiger partial charge in [0.25, 0.3) is 5.91 Å². The fraction of sp³-hybridized carbons (Fsp3) is 0.333. The molecule has 1 aromatic heterocycles. The maximum Gasteiger partial charge on any atom is 0.272 e. The summed E-state index contributed by atoms with van der Waals surface area (Å²) in [6, 6.07) is 11.2. The van der Waals surface area contributed by atoms with Crippen LogP contribution in [-0.4, -0.2) is 32.4 Å². The molecule has 2 aromatic rings. The smallest absolute Gasteiger partial charge is 0.272 e. The van der Waals surface area contributed by atoms with Gasteiger partial charge in [0.15, 0.2) is 5.69 Å². The van der Waals surface area contributed by atoms with Gasteiger partial charge in [-0.2, -0.15) is 5.10 Å². The van der Waals surface area contributed by atoms with E-state index in [1.54, 1.807) is 37.7 Å². The number of hydrogen-bond acceptors (Lipinski definition) is 3. The van der Waals surface area contributed by atoms with Crippen LogP contribution in [0, 0.1) is 0 Å². The zero-order valence-electron chi connectivity index (χ0n) is 11.9. The summed E-state index contributed by atoms with van der Waals surface area (Å²) in [5.74, 6) is -0.300. The molecule has 0 aliphatic carbocycles. The van der Waals surface area contributed by atoms with Gasteiger partial charge in [0.05, 0.1) is 17.3 Å². The van der Waals surface area contributed by atoms with E-state index in [4.69, 9.17) is 0 Å². The molecule has 0 spiro atoms. The molecular weight excluding hydrogens is 254 g/mol. The lowest BCUT2D eigenvalue weighted by Gasteiger charge is -2.28. The number of aliphatic hydroxyl groups excluding tert-OH is 1. The third-order valence-corrected chi connectivity index (χ3v) is 3.32. The van der Waals surface area contributed by atoms with Crippen molar-refractivity contribution in [1.82, 2.24) is 15.1 Å². The molecule has 1 aromatic carbocycles. The second-order valence-corrected chi connectivity index (χ2v) is 5.33. The van der Waals surface area contributed by atoms with Gasteiger partial charge in [-0.3, -0.25) is 4.79 Å². The number of amides is 1. The number of para-hydroxylation sites is 1. The summed E-state index contributed by atoms with van der Waals surface area (Å²) in [5, 5.41) is 16.6. The second kappa shape index (κ2) is 5.46. The molecule has 5 heteroatoms. The van der Waals surface area contributed by atoms with Crippen molar-refractivity contribution in [3.8, 4) is 5.69 Å². The number of benzene rings is 1. The van der Waals surface area contributed by atoms with Crippen LogP contribution in [0.1, 0.15) is 31.3 Å². The quantitative estimate of drug-likeness (QED) is 0.892. The Hall–Kier alpha value is -2.14. The van der Waals surface area contributed by atoms with Gasteiger partial charge < -0.3 is 10.4 Å². The Balaban J connectivity index is 2.15. The van der Waals surface area contributed by atoms with Crippen LogP contribution >= 0.6 is 0 Å². The summed E-state index contributed by atoms with van der Waals surface area (Å²) in [7, 11) is 0. The highest BCUT2D eigenvalue weighted by atomic mass is 16.3. The predicted octanol–water partition coefficient (Wildman–Crippen LogP) is 1.76. The standard InChI is InChI=1S/C15H19N3O2/c1-11(19)15(2,3)16-14(20)13-9-10-18(17-13)12-7-5-4-6-8-12/h4-11,19H,1-3H3,(H,16,20). The maximum absolute atomic E-state index is 12.1. The summed E-state index contributed by atoms with van der Waals surface area (Å²) in [4.78, 5) is 12.1. The van der Waals surface area contributed by atoms with E-state index >= 15 is 0 Å². The first-order valence-electron chi connectivity index (χ1n) is 6.52. The molecule has 1 amide bonds. The first-order valence-corrected chi connectivity index (χ1v) is 6.52. The molecule has 5 nitrogen and oxygen atoms in total. The normalized spacial score (nSPS) is 13.0. The lowest BCUT2D eigenvalue weighted by Crippen LogP contribution is -2.51. The average molecular weight is 273 g/mol. The van der Waals surface area contributed by atoms with Gasteiger partial charge in [-0.1, -0.05) is 18.2 Å². The number of rotatable bonds is 4. The number of nitrogens with one attached hydrogen (secondary N) is 1. The van der Waals surface area contributed by atoms with Gasteiger partial charge in [0, 0.05) is 6.20 Å². The van der Waals surface area contributed by atoms with Crippen LogP contribution in [0.2, 0.25) is 0 Å². The van der Waals surface area contributed by atoms with Gasteiger partial charge in [-0.05, 0) is 39.0 Å². The number of carbonyl (C=O) groups excluding carboxylic acids is 1. The van der Waals surface area contributed by atoms with Crippen LogP contribution < -0.4 is 5.32 Å². The summed E-state index contributed by atoms with van der Waals surface area (Å²) >= 11 is 0. The molecule has 0 aliphatic heterocycles. The minimum Gasteiger partial charge on any atom is -0.391 e. The number of aliphatic hydroxyl groups is 1. The van der Waals surface area contributed by atoms with Crippen LogP contribution in [0.4, 0.5) is 0 Å². The van der Waals surface area contributed by atoms with E-state index in [-0.39, 0.29) is 5.91 Å². The Morgan fingerprint density at radius 1 is 1.30 bits per heavy atom. The largest absolute Gasteiger partial charge is 0.391 e. The van der Waals surface area contributed by atoms with E-state index < -0.39 is 11.6 Å². The summed E-state index contributed by atoms with van der Waals surface area (Å²) < 4.78 is 1.64. The van der Waals surface area contributed by atoms with Crippen LogP contribution in [0.3, 0.4) is 0 Å². The molecule has 20 heavy (non-hydrogen) atoms. The molecular formula is C15H19N3O2. The first kappa shape index (κ1) is 14.3.